The zero-order chi connectivity index (χ0) is 23.6. The molecule has 0 saturated carbocycles. The van der Waals surface area contributed by atoms with Crippen molar-refractivity contribution >= 4 is 21.6 Å². The van der Waals surface area contributed by atoms with E-state index in [1.165, 1.54) is 37.4 Å². The number of halogens is 1. The van der Waals surface area contributed by atoms with Crippen LogP contribution >= 0.6 is 0 Å². The molecule has 1 amide bonds. The van der Waals surface area contributed by atoms with Crippen LogP contribution in [0.3, 0.4) is 0 Å². The number of benzene rings is 2. The molecule has 0 aliphatic heterocycles. The van der Waals surface area contributed by atoms with Crippen molar-refractivity contribution in [3.8, 4) is 11.5 Å². The SMILES string of the molecule is C[C@H](N)c1nnc(-c2cc(C(=O)N[C@H](C)c3ccc(F)cc3)cc(N(C)S(C)(=O)=O)c2)o1. The van der Waals surface area contributed by atoms with Crippen LogP contribution in [0.15, 0.2) is 46.9 Å². The van der Waals surface area contributed by atoms with Crippen LogP contribution in [0, 0.1) is 5.82 Å². The van der Waals surface area contributed by atoms with E-state index in [2.05, 4.69) is 15.5 Å². The molecule has 3 aromatic rings. The molecule has 0 fully saturated rings. The fourth-order valence-electron chi connectivity index (χ4n) is 2.89. The third kappa shape index (κ3) is 5.29. The van der Waals surface area contributed by atoms with Crippen LogP contribution in [-0.2, 0) is 10.0 Å². The number of carbonyl (C=O) groups is 1. The Labute approximate surface area is 185 Å². The Hall–Kier alpha value is -3.31. The first-order valence-corrected chi connectivity index (χ1v) is 11.5. The zero-order valence-electron chi connectivity index (χ0n) is 18.0. The molecule has 1 aromatic heterocycles. The van der Waals surface area contributed by atoms with Crippen molar-refractivity contribution in [1.29, 1.82) is 0 Å². The molecule has 0 saturated heterocycles. The number of nitrogens with zero attached hydrogens (tertiary/aromatic N) is 3. The molecule has 11 heteroatoms. The van der Waals surface area contributed by atoms with Gasteiger partial charge in [-0.05, 0) is 49.7 Å². The molecular weight excluding hydrogens is 437 g/mol. The molecule has 1 heterocycles. The van der Waals surface area contributed by atoms with Gasteiger partial charge in [0.15, 0.2) is 0 Å². The van der Waals surface area contributed by atoms with Crippen molar-refractivity contribution in [2.75, 3.05) is 17.6 Å². The van der Waals surface area contributed by atoms with Crippen molar-refractivity contribution < 1.29 is 22.0 Å². The van der Waals surface area contributed by atoms with Crippen molar-refractivity contribution in [2.24, 2.45) is 5.73 Å². The molecule has 9 nitrogen and oxygen atoms in total. The van der Waals surface area contributed by atoms with Crippen LogP contribution in [0.5, 0.6) is 0 Å². The molecule has 2 aromatic carbocycles. The molecule has 0 spiro atoms. The molecule has 0 aliphatic rings. The summed E-state index contributed by atoms with van der Waals surface area (Å²) in [6.45, 7) is 3.44. The highest BCUT2D eigenvalue weighted by atomic mass is 32.2. The summed E-state index contributed by atoms with van der Waals surface area (Å²) < 4.78 is 43.9. The Morgan fingerprint density at radius 1 is 1.16 bits per heavy atom. The van der Waals surface area contributed by atoms with E-state index >= 15 is 0 Å². The fraction of sp³-hybridized carbons (Fsp3) is 0.286. The van der Waals surface area contributed by atoms with Crippen LogP contribution < -0.4 is 15.4 Å². The third-order valence-electron chi connectivity index (χ3n) is 4.84. The van der Waals surface area contributed by atoms with Gasteiger partial charge < -0.3 is 15.5 Å². The maximum atomic E-state index is 13.2. The number of anilines is 1. The third-order valence-corrected chi connectivity index (χ3v) is 6.04. The molecule has 3 rings (SSSR count). The van der Waals surface area contributed by atoms with Crippen LogP contribution in [-0.4, -0.2) is 37.8 Å². The second-order valence-corrected chi connectivity index (χ2v) is 9.49. The van der Waals surface area contributed by atoms with Crippen LogP contribution in [0.1, 0.15) is 47.7 Å². The summed E-state index contributed by atoms with van der Waals surface area (Å²) in [5, 5.41) is 10.7. The molecule has 32 heavy (non-hydrogen) atoms. The Morgan fingerprint density at radius 2 is 1.81 bits per heavy atom. The summed E-state index contributed by atoms with van der Waals surface area (Å²) in [7, 11) is -2.22. The standard InChI is InChI=1S/C21H24FN5O4S/c1-12(23)20-25-26-21(31-20)16-9-15(10-18(11-16)27(3)32(4,29)30)19(28)24-13(2)14-5-7-17(22)8-6-14/h5-13H,23H2,1-4H3,(H,24,28)/t12-,13+/m0/s1. The molecule has 2 atom stereocenters. The van der Waals surface area contributed by atoms with Gasteiger partial charge in [-0.15, -0.1) is 10.2 Å². The minimum Gasteiger partial charge on any atom is -0.419 e. The topological polar surface area (TPSA) is 131 Å². The minimum atomic E-state index is -3.60. The summed E-state index contributed by atoms with van der Waals surface area (Å²) in [4.78, 5) is 13.0. The van der Waals surface area contributed by atoms with Crippen molar-refractivity contribution in [3.63, 3.8) is 0 Å². The summed E-state index contributed by atoms with van der Waals surface area (Å²) in [5.74, 6) is -0.530. The minimum absolute atomic E-state index is 0.0988. The summed E-state index contributed by atoms with van der Waals surface area (Å²) in [5.41, 5.74) is 7.26. The second-order valence-electron chi connectivity index (χ2n) is 7.48. The number of hydrogen-bond acceptors (Lipinski definition) is 7. The lowest BCUT2D eigenvalue weighted by Crippen LogP contribution is -2.28. The average Bonchev–Trinajstić information content (AvgIpc) is 3.23. The predicted octanol–water partition coefficient (Wildman–Crippen LogP) is 2.78. The van der Waals surface area contributed by atoms with Crippen LogP contribution in [0.4, 0.5) is 10.1 Å². The second kappa shape index (κ2) is 9.05. The lowest BCUT2D eigenvalue weighted by Gasteiger charge is -2.19. The van der Waals surface area contributed by atoms with E-state index in [0.717, 1.165) is 10.6 Å². The van der Waals surface area contributed by atoms with Crippen molar-refractivity contribution in [3.05, 3.63) is 65.3 Å². The number of aromatic nitrogens is 2. The Bertz CT molecular complexity index is 1230. The number of nitrogens with one attached hydrogen (secondary N) is 1. The molecule has 170 valence electrons. The Balaban J connectivity index is 1.99. The Kier molecular flexibility index (Phi) is 6.60. The van der Waals surface area contributed by atoms with Gasteiger partial charge in [-0.2, -0.15) is 0 Å². The van der Waals surface area contributed by atoms with E-state index in [-0.39, 0.29) is 28.8 Å². The smallest absolute Gasteiger partial charge is 0.251 e. The molecular formula is C21H24FN5O4S. The maximum Gasteiger partial charge on any atom is 0.251 e. The van der Waals surface area contributed by atoms with Crippen molar-refractivity contribution in [1.82, 2.24) is 15.5 Å². The summed E-state index contributed by atoms with van der Waals surface area (Å²) in [6, 6.07) is 9.35. The number of rotatable bonds is 7. The van der Waals surface area contributed by atoms with Crippen LogP contribution in [0.2, 0.25) is 0 Å². The lowest BCUT2D eigenvalue weighted by molar-refractivity contribution is 0.0940. The average molecular weight is 462 g/mol. The van der Waals surface area contributed by atoms with Gasteiger partial charge in [0.2, 0.25) is 21.8 Å². The lowest BCUT2D eigenvalue weighted by atomic mass is 10.1. The molecule has 0 aliphatic carbocycles. The van der Waals surface area contributed by atoms with Crippen molar-refractivity contribution in [2.45, 2.75) is 25.9 Å². The molecule has 0 unspecified atom stereocenters. The quantitative estimate of drug-likeness (QED) is 0.553. The fourth-order valence-corrected chi connectivity index (χ4v) is 3.38. The maximum absolute atomic E-state index is 13.2. The number of carbonyl (C=O) groups excluding carboxylic acids is 1. The summed E-state index contributed by atoms with van der Waals surface area (Å²) >= 11 is 0. The Morgan fingerprint density at radius 3 is 2.38 bits per heavy atom. The van der Waals surface area contributed by atoms with E-state index in [1.807, 2.05) is 0 Å². The van der Waals surface area contributed by atoms with Gasteiger partial charge in [0, 0.05) is 18.2 Å². The van der Waals surface area contributed by atoms with Crippen LogP contribution in [0.25, 0.3) is 11.5 Å². The van der Waals surface area contributed by atoms with Gasteiger partial charge >= 0.3 is 0 Å². The monoisotopic (exact) mass is 461 g/mol. The first-order chi connectivity index (χ1) is 15.0. The number of sulfonamides is 1. The van der Waals surface area contributed by atoms with Gasteiger partial charge in [0.1, 0.15) is 5.82 Å². The van der Waals surface area contributed by atoms with Gasteiger partial charge in [-0.25, -0.2) is 12.8 Å². The van der Waals surface area contributed by atoms with Gasteiger partial charge in [-0.3, -0.25) is 9.10 Å². The van der Waals surface area contributed by atoms with E-state index in [4.69, 9.17) is 10.2 Å². The largest absolute Gasteiger partial charge is 0.419 e. The van der Waals surface area contributed by atoms with Gasteiger partial charge in [0.25, 0.3) is 5.91 Å². The zero-order valence-corrected chi connectivity index (χ0v) is 18.9. The van der Waals surface area contributed by atoms with Gasteiger partial charge in [-0.1, -0.05) is 12.1 Å². The normalized spacial score (nSPS) is 13.4. The highest BCUT2D eigenvalue weighted by Crippen LogP contribution is 2.28. The highest BCUT2D eigenvalue weighted by molar-refractivity contribution is 7.92. The number of amides is 1. The van der Waals surface area contributed by atoms with Gasteiger partial charge in [0.05, 0.1) is 24.0 Å². The molecule has 0 radical (unpaired) electrons. The first-order valence-electron chi connectivity index (χ1n) is 9.70. The highest BCUT2D eigenvalue weighted by Gasteiger charge is 2.20. The van der Waals surface area contributed by atoms with E-state index in [1.54, 1.807) is 26.0 Å². The predicted molar refractivity (Wildman–Crippen MR) is 118 cm³/mol. The van der Waals surface area contributed by atoms with E-state index < -0.39 is 28.0 Å². The molecule has 0 bridgehead atoms. The number of nitrogens with two attached hydrogens (primary N) is 1. The van der Waals surface area contributed by atoms with E-state index in [0.29, 0.717) is 11.1 Å². The van der Waals surface area contributed by atoms with E-state index in [9.17, 15) is 17.6 Å². The first kappa shape index (κ1) is 23.4. The number of hydrogen-bond donors (Lipinski definition) is 2. The molecule has 3 N–H and O–H groups in total. The summed E-state index contributed by atoms with van der Waals surface area (Å²) in [6.07, 6.45) is 1.05.